The number of aryl methyl sites for hydroxylation is 1. The number of ether oxygens (including phenoxy) is 1. The highest BCUT2D eigenvalue weighted by molar-refractivity contribution is 5.42. The molecule has 0 N–H and O–H groups in total. The van der Waals surface area contributed by atoms with Gasteiger partial charge < -0.3 is 4.74 Å². The lowest BCUT2D eigenvalue weighted by atomic mass is 10.1. The van der Waals surface area contributed by atoms with Crippen LogP contribution in [0.4, 0.5) is 0 Å². The first-order valence-electron chi connectivity index (χ1n) is 6.94. The van der Waals surface area contributed by atoms with E-state index in [0.717, 1.165) is 24.4 Å². The summed E-state index contributed by atoms with van der Waals surface area (Å²) in [6.07, 6.45) is 0. The Morgan fingerprint density at radius 2 is 1.81 bits per heavy atom. The van der Waals surface area contributed by atoms with Crippen molar-refractivity contribution in [2.75, 3.05) is 14.2 Å². The van der Waals surface area contributed by atoms with Gasteiger partial charge in [0.25, 0.3) is 0 Å². The van der Waals surface area contributed by atoms with Crippen molar-refractivity contribution in [2.24, 2.45) is 0 Å². The quantitative estimate of drug-likeness (QED) is 0.841. The summed E-state index contributed by atoms with van der Waals surface area (Å²) >= 11 is 0. The molecule has 0 bridgehead atoms. The molecule has 3 nitrogen and oxygen atoms in total. The maximum absolute atomic E-state index is 9.03. The first-order valence-corrected chi connectivity index (χ1v) is 6.94. The second kappa shape index (κ2) is 6.92. The summed E-state index contributed by atoms with van der Waals surface area (Å²) in [5, 5.41) is 9.03. The monoisotopic (exact) mass is 280 g/mol. The Labute approximate surface area is 126 Å². The minimum atomic E-state index is 0.662. The van der Waals surface area contributed by atoms with Crippen LogP contribution in [0.1, 0.15) is 22.3 Å². The molecule has 3 heteroatoms. The largest absolute Gasteiger partial charge is 0.496 e. The highest BCUT2D eigenvalue weighted by Crippen LogP contribution is 2.22. The van der Waals surface area contributed by atoms with Crippen LogP contribution in [0, 0.1) is 18.3 Å². The van der Waals surface area contributed by atoms with Gasteiger partial charge in [-0.3, -0.25) is 4.90 Å². The summed E-state index contributed by atoms with van der Waals surface area (Å²) in [6.45, 7) is 3.74. The van der Waals surface area contributed by atoms with Crippen LogP contribution in [0.5, 0.6) is 5.75 Å². The van der Waals surface area contributed by atoms with Crippen LogP contribution in [-0.4, -0.2) is 19.1 Å². The molecule has 21 heavy (non-hydrogen) atoms. The minimum Gasteiger partial charge on any atom is -0.496 e. The van der Waals surface area contributed by atoms with Gasteiger partial charge in [0.15, 0.2) is 0 Å². The highest BCUT2D eigenvalue weighted by Gasteiger charge is 2.09. The molecule has 0 aliphatic carbocycles. The van der Waals surface area contributed by atoms with Crippen molar-refractivity contribution in [2.45, 2.75) is 20.0 Å². The van der Waals surface area contributed by atoms with Gasteiger partial charge in [-0.25, -0.2) is 0 Å². The average Bonchev–Trinajstić information content (AvgIpc) is 2.49. The first kappa shape index (κ1) is 15.1. The van der Waals surface area contributed by atoms with Crippen molar-refractivity contribution in [1.29, 1.82) is 5.26 Å². The third kappa shape index (κ3) is 3.84. The standard InChI is InChI=1S/C18H20N2O/c1-14-6-4-5-7-16(14)12-20(2)13-17-10-15(11-19)8-9-18(17)21-3/h4-10H,12-13H2,1-3H3. The van der Waals surface area contributed by atoms with E-state index in [1.165, 1.54) is 11.1 Å². The fourth-order valence-electron chi connectivity index (χ4n) is 2.40. The fraction of sp³-hybridized carbons (Fsp3) is 0.278. The predicted octanol–water partition coefficient (Wildman–Crippen LogP) is 3.51. The molecular formula is C18H20N2O. The van der Waals surface area contributed by atoms with E-state index in [2.05, 4.69) is 49.2 Å². The molecule has 2 aromatic rings. The summed E-state index contributed by atoms with van der Waals surface area (Å²) in [5.41, 5.74) is 4.31. The minimum absolute atomic E-state index is 0.662. The predicted molar refractivity (Wildman–Crippen MR) is 84.1 cm³/mol. The SMILES string of the molecule is COc1ccc(C#N)cc1CN(C)Cc1ccccc1C. The van der Waals surface area contributed by atoms with Crippen molar-refractivity contribution >= 4 is 0 Å². The second-order valence-corrected chi connectivity index (χ2v) is 5.24. The number of nitrogens with zero attached hydrogens (tertiary/aromatic N) is 2. The molecule has 0 aromatic heterocycles. The number of benzene rings is 2. The molecule has 0 saturated carbocycles. The van der Waals surface area contributed by atoms with E-state index in [0.29, 0.717) is 5.56 Å². The van der Waals surface area contributed by atoms with Crippen LogP contribution < -0.4 is 4.74 Å². The lowest BCUT2D eigenvalue weighted by molar-refractivity contribution is 0.309. The zero-order chi connectivity index (χ0) is 15.2. The molecule has 0 amide bonds. The first-order chi connectivity index (χ1) is 10.1. The Morgan fingerprint density at radius 3 is 2.48 bits per heavy atom. The van der Waals surface area contributed by atoms with Gasteiger partial charge in [0, 0.05) is 18.7 Å². The van der Waals surface area contributed by atoms with Gasteiger partial charge in [-0.2, -0.15) is 5.26 Å². The summed E-state index contributed by atoms with van der Waals surface area (Å²) in [5.74, 6) is 0.825. The van der Waals surface area contributed by atoms with Gasteiger partial charge >= 0.3 is 0 Å². The van der Waals surface area contributed by atoms with Gasteiger partial charge in [-0.05, 0) is 43.3 Å². The zero-order valence-electron chi connectivity index (χ0n) is 12.8. The Hall–Kier alpha value is -2.31. The Balaban J connectivity index is 2.14. The molecule has 0 atom stereocenters. The third-order valence-corrected chi connectivity index (χ3v) is 3.55. The van der Waals surface area contributed by atoms with Crippen LogP contribution >= 0.6 is 0 Å². The molecular weight excluding hydrogens is 260 g/mol. The number of nitriles is 1. The van der Waals surface area contributed by atoms with Crippen molar-refractivity contribution in [3.63, 3.8) is 0 Å². The number of rotatable bonds is 5. The van der Waals surface area contributed by atoms with Gasteiger partial charge in [0.2, 0.25) is 0 Å². The van der Waals surface area contributed by atoms with E-state index < -0.39 is 0 Å². The van der Waals surface area contributed by atoms with E-state index >= 15 is 0 Å². The molecule has 0 fully saturated rings. The van der Waals surface area contributed by atoms with E-state index in [4.69, 9.17) is 10.00 Å². The topological polar surface area (TPSA) is 36.3 Å². The summed E-state index contributed by atoms with van der Waals surface area (Å²) in [7, 11) is 3.73. The van der Waals surface area contributed by atoms with Crippen molar-refractivity contribution in [3.8, 4) is 11.8 Å². The summed E-state index contributed by atoms with van der Waals surface area (Å²) < 4.78 is 5.38. The van der Waals surface area contributed by atoms with Crippen LogP contribution in [0.3, 0.4) is 0 Å². The van der Waals surface area contributed by atoms with Crippen LogP contribution in [0.15, 0.2) is 42.5 Å². The Kier molecular flexibility index (Phi) is 4.97. The Morgan fingerprint density at radius 1 is 1.10 bits per heavy atom. The molecule has 0 heterocycles. The van der Waals surface area contributed by atoms with Gasteiger partial charge in [-0.1, -0.05) is 24.3 Å². The summed E-state index contributed by atoms with van der Waals surface area (Å²) in [6, 6.07) is 16.1. The molecule has 0 radical (unpaired) electrons. The van der Waals surface area contributed by atoms with Crippen molar-refractivity contribution in [3.05, 3.63) is 64.7 Å². The highest BCUT2D eigenvalue weighted by atomic mass is 16.5. The van der Waals surface area contributed by atoms with E-state index in [1.807, 2.05) is 12.1 Å². The molecule has 2 aromatic carbocycles. The van der Waals surface area contributed by atoms with Crippen molar-refractivity contribution < 1.29 is 4.74 Å². The van der Waals surface area contributed by atoms with Gasteiger partial charge in [-0.15, -0.1) is 0 Å². The van der Waals surface area contributed by atoms with Gasteiger partial charge in [0.1, 0.15) is 5.75 Å². The van der Waals surface area contributed by atoms with Gasteiger partial charge in [0.05, 0.1) is 18.7 Å². The van der Waals surface area contributed by atoms with Crippen LogP contribution in [-0.2, 0) is 13.1 Å². The fourth-order valence-corrected chi connectivity index (χ4v) is 2.40. The van der Waals surface area contributed by atoms with E-state index in [1.54, 1.807) is 13.2 Å². The number of methoxy groups -OCH3 is 1. The normalized spacial score (nSPS) is 10.4. The molecule has 0 spiro atoms. The van der Waals surface area contributed by atoms with Crippen LogP contribution in [0.25, 0.3) is 0 Å². The van der Waals surface area contributed by atoms with E-state index in [9.17, 15) is 0 Å². The molecule has 2 rings (SSSR count). The lowest BCUT2D eigenvalue weighted by Crippen LogP contribution is -2.18. The molecule has 0 saturated heterocycles. The lowest BCUT2D eigenvalue weighted by Gasteiger charge is -2.19. The second-order valence-electron chi connectivity index (χ2n) is 5.24. The van der Waals surface area contributed by atoms with Crippen molar-refractivity contribution in [1.82, 2.24) is 4.90 Å². The Bertz CT molecular complexity index is 659. The summed E-state index contributed by atoms with van der Waals surface area (Å²) in [4.78, 5) is 2.22. The third-order valence-electron chi connectivity index (χ3n) is 3.55. The maximum Gasteiger partial charge on any atom is 0.123 e. The average molecular weight is 280 g/mol. The molecule has 0 unspecified atom stereocenters. The zero-order valence-corrected chi connectivity index (χ0v) is 12.8. The molecule has 0 aliphatic heterocycles. The molecule has 0 aliphatic rings. The van der Waals surface area contributed by atoms with E-state index in [-0.39, 0.29) is 0 Å². The number of hydrogen-bond donors (Lipinski definition) is 0. The number of hydrogen-bond acceptors (Lipinski definition) is 3. The van der Waals surface area contributed by atoms with Crippen LogP contribution in [0.2, 0.25) is 0 Å². The maximum atomic E-state index is 9.03. The smallest absolute Gasteiger partial charge is 0.123 e. The molecule has 108 valence electrons.